The molecule has 0 aromatic carbocycles. The Hall–Kier alpha value is -3.07. The maximum atomic E-state index is 13.5. The number of hydrogen-bond donors (Lipinski definition) is 2. The number of rotatable bonds is 54. The second-order valence-corrected chi connectivity index (χ2v) is 23.0. The Morgan fingerprint density at radius 1 is 0.493 bits per heavy atom. The molecule has 1 amide bonds. The van der Waals surface area contributed by atoms with Gasteiger partial charge in [-0.2, -0.15) is 0 Å². The minimum atomic E-state index is -4.46. The smallest absolute Gasteiger partial charge is 0.456 e. The lowest BCUT2D eigenvalue weighted by molar-refractivity contribution is -0.870. The molecule has 0 saturated carbocycles. The number of phosphoric acid groups is 1. The Labute approximate surface area is 462 Å². The number of carbonyl (C=O) groups is 2. The van der Waals surface area contributed by atoms with Crippen molar-refractivity contribution in [1.82, 2.24) is 5.32 Å². The first-order chi connectivity index (χ1) is 36.4. The van der Waals surface area contributed by atoms with Gasteiger partial charge in [-0.3, -0.25) is 18.6 Å². The lowest BCUT2D eigenvalue weighted by atomic mass is 10.0. The molecule has 0 aliphatic heterocycles. The van der Waals surface area contributed by atoms with Crippen LogP contribution in [0.2, 0.25) is 0 Å². The largest absolute Gasteiger partial charge is 0.472 e. The topological polar surface area (TPSA) is 111 Å². The van der Waals surface area contributed by atoms with Crippen molar-refractivity contribution in [3.8, 4) is 0 Å². The van der Waals surface area contributed by atoms with Crippen molar-refractivity contribution >= 4 is 19.7 Å². The molecule has 2 N–H and O–H groups in total. The van der Waals surface area contributed by atoms with Gasteiger partial charge in [-0.05, 0) is 96.0 Å². The van der Waals surface area contributed by atoms with Crippen LogP contribution in [0.15, 0.2) is 97.2 Å². The molecule has 432 valence electrons. The molecule has 3 atom stereocenters. The number of likely N-dealkylation sites (N-methyl/N-ethyl adjacent to an activating group) is 1. The van der Waals surface area contributed by atoms with E-state index in [0.717, 1.165) is 109 Å². The SMILES string of the molecule is CC/C=C/C=C/C=C/CCCCCCCCCC(=O)NC(COP(=O)(O)OCC[N+](C)(C)C)C(/C=C\CCCCCCCCCCCCC)OC(=O)CCCCCCC/C=C\C/C=C\C/C=C\C/C=C\CCCCC. The third-order valence-corrected chi connectivity index (χ3v) is 14.1. The molecule has 0 aromatic rings. The van der Waals surface area contributed by atoms with Gasteiger partial charge in [0.25, 0.3) is 0 Å². The molecule has 75 heavy (non-hydrogen) atoms. The van der Waals surface area contributed by atoms with Gasteiger partial charge in [0, 0.05) is 12.8 Å². The Balaban J connectivity index is 5.35. The second kappa shape index (κ2) is 54.3. The molecular weight excluding hydrogens is 952 g/mol. The molecule has 0 radical (unpaired) electrons. The number of amides is 1. The predicted molar refractivity (Wildman–Crippen MR) is 323 cm³/mol. The lowest BCUT2D eigenvalue weighted by Crippen LogP contribution is -2.47. The monoisotopic (exact) mass is 1070 g/mol. The van der Waals surface area contributed by atoms with Gasteiger partial charge in [-0.25, -0.2) is 4.57 Å². The molecule has 9 nitrogen and oxygen atoms in total. The summed E-state index contributed by atoms with van der Waals surface area (Å²) in [6.45, 7) is 6.83. The maximum absolute atomic E-state index is 13.5. The van der Waals surface area contributed by atoms with Gasteiger partial charge in [0.2, 0.25) is 5.91 Å². The van der Waals surface area contributed by atoms with E-state index in [1.807, 2.05) is 33.3 Å². The fourth-order valence-electron chi connectivity index (χ4n) is 8.33. The fraction of sp³-hybridized carbons (Fsp3) is 0.723. The van der Waals surface area contributed by atoms with E-state index in [2.05, 4.69) is 111 Å². The van der Waals surface area contributed by atoms with Crippen molar-refractivity contribution in [1.29, 1.82) is 0 Å². The van der Waals surface area contributed by atoms with Crippen LogP contribution in [0.3, 0.4) is 0 Å². The molecule has 0 aliphatic rings. The van der Waals surface area contributed by atoms with Crippen molar-refractivity contribution in [3.05, 3.63) is 97.2 Å². The first-order valence-corrected chi connectivity index (χ1v) is 32.1. The van der Waals surface area contributed by atoms with Crippen LogP contribution < -0.4 is 5.32 Å². The summed E-state index contributed by atoms with van der Waals surface area (Å²) < 4.78 is 30.7. The number of hydrogen-bond acceptors (Lipinski definition) is 6. The molecule has 0 spiro atoms. The van der Waals surface area contributed by atoms with Crippen LogP contribution in [-0.4, -0.2) is 74.3 Å². The number of nitrogens with zero attached hydrogens (tertiary/aromatic N) is 1. The highest BCUT2D eigenvalue weighted by Crippen LogP contribution is 2.43. The van der Waals surface area contributed by atoms with Crippen LogP contribution in [0, 0.1) is 0 Å². The number of unbranched alkanes of at least 4 members (excludes halogenated alkanes) is 26. The highest BCUT2D eigenvalue weighted by Gasteiger charge is 2.30. The number of nitrogens with one attached hydrogen (secondary N) is 1. The van der Waals surface area contributed by atoms with Gasteiger partial charge in [0.15, 0.2) is 0 Å². The van der Waals surface area contributed by atoms with Crippen LogP contribution in [0.4, 0.5) is 0 Å². The Morgan fingerprint density at radius 2 is 0.907 bits per heavy atom. The quantitative estimate of drug-likeness (QED) is 0.0156. The molecule has 0 aliphatic carbocycles. The second-order valence-electron chi connectivity index (χ2n) is 21.6. The number of allylic oxidation sites excluding steroid dienone is 15. The summed E-state index contributed by atoms with van der Waals surface area (Å²) in [6, 6.07) is -0.868. The van der Waals surface area contributed by atoms with Gasteiger partial charge in [-0.1, -0.05) is 240 Å². The van der Waals surface area contributed by atoms with Crippen LogP contribution in [0.5, 0.6) is 0 Å². The van der Waals surface area contributed by atoms with E-state index < -0.39 is 20.0 Å². The van der Waals surface area contributed by atoms with E-state index in [4.69, 9.17) is 13.8 Å². The van der Waals surface area contributed by atoms with Gasteiger partial charge in [0.05, 0.1) is 33.8 Å². The van der Waals surface area contributed by atoms with E-state index in [0.29, 0.717) is 23.9 Å². The molecular formula is C65H116N2O7P+. The van der Waals surface area contributed by atoms with Crippen molar-refractivity contribution in [2.24, 2.45) is 0 Å². The molecule has 3 unspecified atom stereocenters. The average molecular weight is 1070 g/mol. The summed E-state index contributed by atoms with van der Waals surface area (Å²) in [4.78, 5) is 37.7. The van der Waals surface area contributed by atoms with E-state index in [9.17, 15) is 19.0 Å². The van der Waals surface area contributed by atoms with Gasteiger partial charge in [-0.15, -0.1) is 0 Å². The number of quaternary nitrogens is 1. The fourth-order valence-corrected chi connectivity index (χ4v) is 9.07. The zero-order chi connectivity index (χ0) is 55.0. The summed E-state index contributed by atoms with van der Waals surface area (Å²) >= 11 is 0. The predicted octanol–water partition coefficient (Wildman–Crippen LogP) is 18.8. The summed E-state index contributed by atoms with van der Waals surface area (Å²) in [7, 11) is 1.46. The summed E-state index contributed by atoms with van der Waals surface area (Å²) in [5, 5.41) is 3.04. The van der Waals surface area contributed by atoms with Crippen molar-refractivity contribution in [2.45, 2.75) is 264 Å². The van der Waals surface area contributed by atoms with Crippen molar-refractivity contribution in [2.75, 3.05) is 40.9 Å². The molecule has 0 heterocycles. The molecule has 10 heteroatoms. The third-order valence-electron chi connectivity index (χ3n) is 13.1. The highest BCUT2D eigenvalue weighted by atomic mass is 31.2. The Bertz CT molecular complexity index is 1610. The van der Waals surface area contributed by atoms with Crippen molar-refractivity contribution < 1.29 is 37.3 Å². The minimum Gasteiger partial charge on any atom is -0.456 e. The summed E-state index contributed by atoms with van der Waals surface area (Å²) in [6.07, 6.45) is 72.5. The first-order valence-electron chi connectivity index (χ1n) is 30.6. The van der Waals surface area contributed by atoms with Crippen LogP contribution in [0.25, 0.3) is 0 Å². The number of carbonyl (C=O) groups excluding carboxylic acids is 2. The van der Waals surface area contributed by atoms with Crippen molar-refractivity contribution in [3.63, 3.8) is 0 Å². The van der Waals surface area contributed by atoms with Gasteiger partial charge < -0.3 is 19.4 Å². The number of esters is 1. The van der Waals surface area contributed by atoms with Crippen LogP contribution in [0.1, 0.15) is 252 Å². The van der Waals surface area contributed by atoms with E-state index in [1.165, 1.54) is 103 Å². The zero-order valence-electron chi connectivity index (χ0n) is 49.3. The molecule has 0 saturated heterocycles. The normalized spacial score (nSPS) is 14.4. The van der Waals surface area contributed by atoms with Crippen LogP contribution >= 0.6 is 7.82 Å². The highest BCUT2D eigenvalue weighted by molar-refractivity contribution is 7.47. The Kier molecular flexibility index (Phi) is 52.1. The molecule has 0 bridgehead atoms. The van der Waals surface area contributed by atoms with Crippen LogP contribution in [-0.2, 0) is 27.9 Å². The Morgan fingerprint density at radius 3 is 1.41 bits per heavy atom. The number of ether oxygens (including phenoxy) is 1. The molecule has 0 fully saturated rings. The summed E-state index contributed by atoms with van der Waals surface area (Å²) in [5.74, 6) is -0.543. The molecule has 0 rings (SSSR count). The van der Waals surface area contributed by atoms with Gasteiger partial charge >= 0.3 is 13.8 Å². The third kappa shape index (κ3) is 55.5. The zero-order valence-corrected chi connectivity index (χ0v) is 50.2. The minimum absolute atomic E-state index is 0.0297. The molecule has 0 aromatic heterocycles. The maximum Gasteiger partial charge on any atom is 0.472 e. The standard InChI is InChI=1S/C65H115N2O7P/c1-7-10-13-16-19-22-25-28-30-31-32-33-34-35-37-40-43-46-49-52-55-58-65(69)74-63(56-53-50-47-44-41-38-27-24-21-18-15-12-9-3)62(61-73-75(70,71)72-60-59-67(4,5)6)66-64(68)57-54-51-48-45-42-39-36-29-26-23-20-17-14-11-8-2/h11,14,17,19-20,22-23,26,28,30,32-33,35,37,53,56,62-63H,7-10,12-13,15-16,18,21,24-25,27,29,31,34,36,38-52,54-55,57-61H2,1-6H3,(H-,66,68,70,71)/p+1/b14-11+,20-17+,22-19-,26-23+,30-28-,33-32-,37-35-,56-53-. The van der Waals surface area contributed by atoms with E-state index in [1.54, 1.807) is 0 Å². The first kappa shape index (κ1) is 71.9. The van der Waals surface area contributed by atoms with E-state index >= 15 is 0 Å². The average Bonchev–Trinajstić information content (AvgIpc) is 3.37. The number of phosphoric ester groups is 1. The van der Waals surface area contributed by atoms with E-state index in [-0.39, 0.29) is 31.5 Å². The summed E-state index contributed by atoms with van der Waals surface area (Å²) in [5.41, 5.74) is 0. The van der Waals surface area contributed by atoms with Gasteiger partial charge in [0.1, 0.15) is 19.3 Å². The lowest BCUT2D eigenvalue weighted by Gasteiger charge is -2.27.